The summed E-state index contributed by atoms with van der Waals surface area (Å²) in [6.45, 7) is 0. The van der Waals surface area contributed by atoms with Gasteiger partial charge in [-0.15, -0.1) is 20.5 Å². The van der Waals surface area contributed by atoms with Gasteiger partial charge in [-0.1, -0.05) is 6.07 Å². The molecule has 414 valence electrons. The summed E-state index contributed by atoms with van der Waals surface area (Å²) in [5.41, 5.74) is 8.39. The fourth-order valence-electron chi connectivity index (χ4n) is 7.06. The van der Waals surface area contributed by atoms with Gasteiger partial charge >= 0.3 is 0 Å². The summed E-state index contributed by atoms with van der Waals surface area (Å²) in [6.07, 6.45) is 0. The van der Waals surface area contributed by atoms with Crippen LogP contribution in [0.1, 0.15) is 0 Å². The first-order valence-electron chi connectivity index (χ1n) is 21.4. The molecular formula is C43H33ClN14O17S5. The van der Waals surface area contributed by atoms with Gasteiger partial charge in [0, 0.05) is 28.8 Å². The number of aromatic nitrogens is 3. The first-order chi connectivity index (χ1) is 37.3. The van der Waals surface area contributed by atoms with Gasteiger partial charge in [0.05, 0.1) is 33.0 Å². The Labute approximate surface area is 455 Å². The van der Waals surface area contributed by atoms with Gasteiger partial charge in [0.15, 0.2) is 5.75 Å². The highest BCUT2D eigenvalue weighted by Gasteiger charge is 2.29. The summed E-state index contributed by atoms with van der Waals surface area (Å²) in [5.74, 6) is -2.17. The molecule has 14 N–H and O–H groups in total. The van der Waals surface area contributed by atoms with Crippen molar-refractivity contribution >= 4 is 153 Å². The quantitative estimate of drug-likeness (QED) is 0.0230. The smallest absolute Gasteiger partial charge is 0.296 e. The number of halogens is 1. The average molecular weight is 1210 g/mol. The Morgan fingerprint density at radius 3 is 1.61 bits per heavy atom. The van der Waals surface area contributed by atoms with Crippen molar-refractivity contribution in [3.8, 4) is 11.5 Å². The normalized spacial score (nSPS) is 12.7. The maximum absolute atomic E-state index is 12.8. The molecule has 31 nitrogen and oxygen atoms in total. The van der Waals surface area contributed by atoms with Crippen LogP contribution in [0.2, 0.25) is 5.28 Å². The molecule has 0 radical (unpaired) electrons. The third-order valence-electron chi connectivity index (χ3n) is 10.5. The van der Waals surface area contributed by atoms with E-state index >= 15 is 0 Å². The van der Waals surface area contributed by atoms with E-state index in [1.165, 1.54) is 54.6 Å². The summed E-state index contributed by atoms with van der Waals surface area (Å²) in [4.78, 5) is 7.11. The minimum absolute atomic E-state index is 0.0606. The van der Waals surface area contributed by atoms with Crippen LogP contribution in [0.5, 0.6) is 11.5 Å². The Hall–Kier alpha value is -8.95. The topological polar surface area (TPSA) is 513 Å². The molecule has 0 aliphatic carbocycles. The molecule has 0 saturated carbocycles. The first-order valence-corrected chi connectivity index (χ1v) is 28.9. The maximum Gasteiger partial charge on any atom is 0.296 e. The predicted molar refractivity (Wildman–Crippen MR) is 285 cm³/mol. The lowest BCUT2D eigenvalue weighted by Crippen LogP contribution is -2.05. The zero-order chi connectivity index (χ0) is 58.3. The van der Waals surface area contributed by atoms with E-state index in [2.05, 4.69) is 61.6 Å². The lowest BCUT2D eigenvalue weighted by atomic mass is 10.1. The molecule has 0 spiro atoms. The lowest BCUT2D eigenvalue weighted by Gasteiger charge is -2.14. The van der Waals surface area contributed by atoms with Crippen molar-refractivity contribution in [3.05, 3.63) is 121 Å². The monoisotopic (exact) mass is 1210 g/mol. The second kappa shape index (κ2) is 21.7. The number of hydrogen-bond donors (Lipinski definition) is 12. The number of rotatable bonds is 17. The van der Waals surface area contributed by atoms with Gasteiger partial charge in [-0.3, -0.25) is 22.8 Å². The van der Waals surface area contributed by atoms with E-state index < -0.39 is 125 Å². The fourth-order valence-corrected chi connectivity index (χ4v) is 10.3. The number of hydrogen-bond acceptors (Lipinski definition) is 26. The molecule has 0 amide bonds. The van der Waals surface area contributed by atoms with Crippen LogP contribution in [-0.2, 0) is 50.6 Å². The summed E-state index contributed by atoms with van der Waals surface area (Å²) < 4.78 is 175. The van der Waals surface area contributed by atoms with Crippen LogP contribution in [0.3, 0.4) is 0 Å². The number of nitrogens with one attached hydrogen (secondary N) is 3. The van der Waals surface area contributed by atoms with Crippen LogP contribution >= 0.6 is 11.6 Å². The Morgan fingerprint density at radius 2 is 1.01 bits per heavy atom. The van der Waals surface area contributed by atoms with Crippen molar-refractivity contribution in [3.63, 3.8) is 0 Å². The number of fused-ring (bicyclic) bond motifs is 1. The van der Waals surface area contributed by atoms with E-state index in [9.17, 15) is 75.1 Å². The average Bonchev–Trinajstić information content (AvgIpc) is 3.47. The van der Waals surface area contributed by atoms with Crippen molar-refractivity contribution in [1.82, 2.24) is 15.0 Å². The first kappa shape index (κ1) is 57.2. The van der Waals surface area contributed by atoms with Gasteiger partial charge in [-0.05, 0) is 120 Å². The van der Waals surface area contributed by atoms with E-state index in [-0.39, 0.29) is 46.1 Å². The highest BCUT2D eigenvalue weighted by molar-refractivity contribution is 7.87. The Morgan fingerprint density at radius 1 is 0.463 bits per heavy atom. The van der Waals surface area contributed by atoms with E-state index in [0.717, 1.165) is 48.5 Å². The summed E-state index contributed by atoms with van der Waals surface area (Å²) in [6, 6.07) is 21.7. The predicted octanol–water partition coefficient (Wildman–Crippen LogP) is 8.96. The minimum Gasteiger partial charge on any atom is -0.506 e. The van der Waals surface area contributed by atoms with Crippen molar-refractivity contribution in [1.29, 1.82) is 0 Å². The second-order valence-electron chi connectivity index (χ2n) is 16.1. The maximum atomic E-state index is 12.8. The van der Waals surface area contributed by atoms with Crippen molar-refractivity contribution in [2.24, 2.45) is 30.7 Å². The zero-order valence-corrected chi connectivity index (χ0v) is 44.1. The Kier molecular flexibility index (Phi) is 15.5. The molecule has 0 unspecified atom stereocenters. The Balaban J connectivity index is 1.14. The number of azo groups is 3. The molecule has 0 aliphatic heterocycles. The SMILES string of the molecule is Nc1ccc(/N=N/c2ccc(Nc3ccc(/N=N/c4c(S(=O)(=O)O)cc5cc(S(=O)(=O)O)c(/N=N/c6cc(Nc7nc(Cl)nc(Nc8cccc(S(=O)(=O)O)c8)n7)ccc6S(=O)(=O)O)c(O)c5c4N)cc3S(=O)(=O)O)cc2)c(O)c1. The third-order valence-corrected chi connectivity index (χ3v) is 15.1. The van der Waals surface area contributed by atoms with E-state index in [1.54, 1.807) is 0 Å². The van der Waals surface area contributed by atoms with Crippen LogP contribution in [0, 0.1) is 0 Å². The number of anilines is 8. The minimum atomic E-state index is -5.52. The molecule has 0 atom stereocenters. The van der Waals surface area contributed by atoms with Gasteiger partial charge in [0.1, 0.15) is 48.1 Å². The van der Waals surface area contributed by atoms with E-state index in [0.29, 0.717) is 23.5 Å². The molecule has 1 aromatic heterocycles. The molecule has 0 saturated heterocycles. The van der Waals surface area contributed by atoms with Gasteiger partial charge in [0.25, 0.3) is 50.6 Å². The number of nitrogens with two attached hydrogens (primary N) is 2. The van der Waals surface area contributed by atoms with Crippen LogP contribution in [0.4, 0.5) is 80.1 Å². The third kappa shape index (κ3) is 13.3. The number of nitrogen functional groups attached to an aromatic ring is 2. The molecule has 0 aliphatic rings. The molecule has 80 heavy (non-hydrogen) atoms. The molecule has 0 bridgehead atoms. The molecule has 8 rings (SSSR count). The van der Waals surface area contributed by atoms with Crippen molar-refractivity contribution < 1.29 is 75.1 Å². The number of aromatic hydroxyl groups is 2. The van der Waals surface area contributed by atoms with Gasteiger partial charge in [-0.25, -0.2) is 0 Å². The number of nitrogens with zero attached hydrogens (tertiary/aromatic N) is 9. The highest BCUT2D eigenvalue weighted by atomic mass is 35.5. The van der Waals surface area contributed by atoms with Crippen molar-refractivity contribution in [2.75, 3.05) is 27.4 Å². The molecular weight excluding hydrogens is 1180 g/mol. The molecule has 0 fully saturated rings. The molecule has 1 heterocycles. The zero-order valence-electron chi connectivity index (χ0n) is 39.3. The summed E-state index contributed by atoms with van der Waals surface area (Å²) in [7, 11) is -25.8. The standard InChI is InChI=1S/C43H33ClN14O17S5/c44-41-50-42(48-24-2-1-3-27(17-24)76(61,62)63)52-43(51-41)49-25-10-13-32(77(64,65)66)30(18-25)56-58-39-35(80(73,74)75)15-20-14-34(79(70,71)72)38(37(46)36(20)40(39)60)57-54-26-9-12-29(33(19-26)78(67,68)69)47-22-5-7-23(8-6-22)53-55-28-11-4-21(45)16-31(28)59/h1-19,47,59-60H,45-46H2,(H,61,62,63)(H,64,65,66)(H,67,68,69)(H,70,71,72)(H,73,74,75)(H2,48,49,50,51,52)/b55-53+,57-54+,58-56+. The molecule has 37 heteroatoms. The number of benzene rings is 7. The number of phenolic OH excluding ortho intramolecular Hbond substituents is 2. The number of phenols is 2. The van der Waals surface area contributed by atoms with E-state index in [1.807, 2.05) is 0 Å². The van der Waals surface area contributed by atoms with Crippen LogP contribution in [0.25, 0.3) is 10.8 Å². The molecule has 8 aromatic rings. The van der Waals surface area contributed by atoms with E-state index in [4.69, 9.17) is 23.1 Å². The molecule has 7 aromatic carbocycles. The Bertz CT molecular complexity index is 4560. The lowest BCUT2D eigenvalue weighted by molar-refractivity contribution is 0.472. The largest absolute Gasteiger partial charge is 0.506 e. The fraction of sp³-hybridized carbons (Fsp3) is 0. The van der Waals surface area contributed by atoms with Crippen LogP contribution < -0.4 is 27.4 Å². The van der Waals surface area contributed by atoms with Crippen molar-refractivity contribution in [2.45, 2.75) is 24.5 Å². The summed E-state index contributed by atoms with van der Waals surface area (Å²) >= 11 is 6.08. The summed E-state index contributed by atoms with van der Waals surface area (Å²) in [5, 5.41) is 51.0. The van der Waals surface area contributed by atoms with Gasteiger partial charge < -0.3 is 37.6 Å². The van der Waals surface area contributed by atoms with Gasteiger partial charge in [0.2, 0.25) is 17.2 Å². The van der Waals surface area contributed by atoms with Crippen LogP contribution in [0.15, 0.2) is 170 Å². The highest BCUT2D eigenvalue weighted by Crippen LogP contribution is 2.49. The second-order valence-corrected chi connectivity index (χ2v) is 23.4. The van der Waals surface area contributed by atoms with Crippen LogP contribution in [-0.4, -0.2) is 90.0 Å². The van der Waals surface area contributed by atoms with Gasteiger partial charge in [-0.2, -0.15) is 67.3 Å².